The van der Waals surface area contributed by atoms with E-state index in [2.05, 4.69) is 4.90 Å². The highest BCUT2D eigenvalue weighted by molar-refractivity contribution is 7.80. The van der Waals surface area contributed by atoms with Crippen LogP contribution in [0, 0.1) is 0 Å². The molecule has 2 N–H and O–H groups in total. The van der Waals surface area contributed by atoms with E-state index in [0.29, 0.717) is 4.99 Å². The van der Waals surface area contributed by atoms with Crippen LogP contribution in [0.15, 0.2) is 0 Å². The van der Waals surface area contributed by atoms with Crippen molar-refractivity contribution in [1.82, 2.24) is 4.90 Å². The first-order valence-electron chi connectivity index (χ1n) is 4.66. The Kier molecular flexibility index (Phi) is 7.13. The summed E-state index contributed by atoms with van der Waals surface area (Å²) in [4.78, 5) is 2.69. The van der Waals surface area contributed by atoms with Crippen LogP contribution in [0.5, 0.6) is 0 Å². The first kappa shape index (κ1) is 12.8. The molecule has 0 heterocycles. The van der Waals surface area contributed by atoms with Crippen LogP contribution in [-0.4, -0.2) is 42.7 Å². The van der Waals surface area contributed by atoms with Gasteiger partial charge >= 0.3 is 0 Å². The van der Waals surface area contributed by atoms with Crippen LogP contribution in [0.4, 0.5) is 0 Å². The molecule has 0 aliphatic rings. The minimum Gasteiger partial charge on any atom is -0.392 e. The van der Waals surface area contributed by atoms with E-state index < -0.39 is 0 Å². The number of hydrogen-bond donors (Lipinski definition) is 1. The van der Waals surface area contributed by atoms with Gasteiger partial charge in [-0.05, 0) is 27.3 Å². The first-order chi connectivity index (χ1) is 6.09. The van der Waals surface area contributed by atoms with E-state index in [4.69, 9.17) is 22.7 Å². The third-order valence-corrected chi connectivity index (χ3v) is 2.42. The Bertz CT molecular complexity index is 153. The summed E-state index contributed by atoms with van der Waals surface area (Å²) in [5.41, 5.74) is 5.53. The molecule has 0 rings (SSSR count). The Labute approximate surface area is 86.2 Å². The second-order valence-corrected chi connectivity index (χ2v) is 3.58. The average molecular weight is 204 g/mol. The van der Waals surface area contributed by atoms with Crippen LogP contribution < -0.4 is 5.73 Å². The van der Waals surface area contributed by atoms with Gasteiger partial charge in [-0.2, -0.15) is 0 Å². The third-order valence-electron chi connectivity index (χ3n) is 2.08. The first-order valence-corrected chi connectivity index (χ1v) is 5.07. The molecule has 0 fully saturated rings. The molecule has 78 valence electrons. The van der Waals surface area contributed by atoms with E-state index in [1.165, 1.54) is 0 Å². The number of nitrogens with zero attached hydrogens (tertiary/aromatic N) is 1. The Balaban J connectivity index is 3.50. The molecule has 0 saturated heterocycles. The molecule has 0 aliphatic carbocycles. The molecule has 1 unspecified atom stereocenters. The molecule has 0 bridgehead atoms. The molecule has 0 saturated carbocycles. The lowest BCUT2D eigenvalue weighted by Gasteiger charge is -2.23. The summed E-state index contributed by atoms with van der Waals surface area (Å²) in [6, 6.07) is 0.177. The van der Waals surface area contributed by atoms with Crippen LogP contribution in [0.25, 0.3) is 0 Å². The molecule has 0 aromatic carbocycles. The van der Waals surface area contributed by atoms with Crippen molar-refractivity contribution < 1.29 is 4.74 Å². The van der Waals surface area contributed by atoms with Crippen molar-refractivity contribution in [2.24, 2.45) is 5.73 Å². The van der Waals surface area contributed by atoms with Crippen LogP contribution in [0.3, 0.4) is 0 Å². The van der Waals surface area contributed by atoms with Gasteiger partial charge in [-0.3, -0.25) is 4.90 Å². The van der Waals surface area contributed by atoms with Gasteiger partial charge in [-0.15, -0.1) is 0 Å². The highest BCUT2D eigenvalue weighted by atomic mass is 32.1. The maximum Gasteiger partial charge on any atom is 0.0899 e. The van der Waals surface area contributed by atoms with Crippen molar-refractivity contribution in [3.63, 3.8) is 0 Å². The minimum absolute atomic E-state index is 0.177. The van der Waals surface area contributed by atoms with Gasteiger partial charge in [-0.1, -0.05) is 12.2 Å². The molecule has 0 aromatic heterocycles. The van der Waals surface area contributed by atoms with E-state index in [1.807, 2.05) is 20.9 Å². The Morgan fingerprint density at radius 3 is 2.69 bits per heavy atom. The molecule has 1 atom stereocenters. The van der Waals surface area contributed by atoms with Gasteiger partial charge in [0.2, 0.25) is 0 Å². The number of nitrogens with two attached hydrogens (primary N) is 1. The van der Waals surface area contributed by atoms with E-state index in [1.54, 1.807) is 0 Å². The molecule has 0 amide bonds. The Hall–Kier alpha value is -0.190. The predicted molar refractivity (Wildman–Crippen MR) is 60.0 cm³/mol. The second-order valence-electron chi connectivity index (χ2n) is 3.11. The van der Waals surface area contributed by atoms with Gasteiger partial charge in [0.05, 0.1) is 11.0 Å². The van der Waals surface area contributed by atoms with Gasteiger partial charge in [0.1, 0.15) is 0 Å². The fourth-order valence-corrected chi connectivity index (χ4v) is 1.15. The normalized spacial score (nSPS) is 13.2. The molecule has 13 heavy (non-hydrogen) atoms. The summed E-state index contributed by atoms with van der Waals surface area (Å²) in [6.45, 7) is 6.59. The Morgan fingerprint density at radius 1 is 1.62 bits per heavy atom. The smallest absolute Gasteiger partial charge is 0.0899 e. The largest absolute Gasteiger partial charge is 0.392 e. The standard InChI is InChI=1S/C9H20N2OS/c1-4-12-7-5-6-11(3)8(2)9(10)13/h8H,4-7H2,1-3H3,(H2,10,13). The summed E-state index contributed by atoms with van der Waals surface area (Å²) in [6.07, 6.45) is 1.03. The highest BCUT2D eigenvalue weighted by Gasteiger charge is 2.10. The van der Waals surface area contributed by atoms with Crippen molar-refractivity contribution in [2.45, 2.75) is 26.3 Å². The maximum absolute atomic E-state index is 5.53. The van der Waals surface area contributed by atoms with Gasteiger partial charge in [-0.25, -0.2) is 0 Å². The van der Waals surface area contributed by atoms with Crippen molar-refractivity contribution in [2.75, 3.05) is 26.8 Å². The SMILES string of the molecule is CCOCCCN(C)C(C)C(N)=S. The summed E-state index contributed by atoms with van der Waals surface area (Å²) in [5, 5.41) is 0. The lowest BCUT2D eigenvalue weighted by atomic mass is 10.3. The van der Waals surface area contributed by atoms with Crippen LogP contribution >= 0.6 is 12.2 Å². The van der Waals surface area contributed by atoms with Gasteiger partial charge in [0.25, 0.3) is 0 Å². The van der Waals surface area contributed by atoms with E-state index >= 15 is 0 Å². The third kappa shape index (κ3) is 5.96. The number of thiocarbonyl (C=S) groups is 1. The van der Waals surface area contributed by atoms with Crippen molar-refractivity contribution in [3.05, 3.63) is 0 Å². The molecule has 0 aromatic rings. The summed E-state index contributed by atoms with van der Waals surface area (Å²) in [7, 11) is 2.02. The summed E-state index contributed by atoms with van der Waals surface area (Å²) in [5.74, 6) is 0. The topological polar surface area (TPSA) is 38.5 Å². The monoisotopic (exact) mass is 204 g/mol. The van der Waals surface area contributed by atoms with Crippen molar-refractivity contribution in [3.8, 4) is 0 Å². The van der Waals surface area contributed by atoms with Crippen LogP contribution in [-0.2, 0) is 4.74 Å². The highest BCUT2D eigenvalue weighted by Crippen LogP contribution is 1.97. The fourth-order valence-electron chi connectivity index (χ4n) is 0.971. The predicted octanol–water partition coefficient (Wildman–Crippen LogP) is 1.02. The average Bonchev–Trinajstić information content (AvgIpc) is 2.10. The molecule has 0 aliphatic heterocycles. The Morgan fingerprint density at radius 2 is 2.23 bits per heavy atom. The summed E-state index contributed by atoms with van der Waals surface area (Å²) >= 11 is 4.90. The number of likely N-dealkylation sites (N-methyl/N-ethyl adjacent to an activating group) is 1. The van der Waals surface area contributed by atoms with Gasteiger partial charge < -0.3 is 10.5 Å². The van der Waals surface area contributed by atoms with Crippen LogP contribution in [0.1, 0.15) is 20.3 Å². The number of rotatable bonds is 7. The number of ether oxygens (including phenoxy) is 1. The van der Waals surface area contributed by atoms with E-state index in [9.17, 15) is 0 Å². The number of hydrogen-bond acceptors (Lipinski definition) is 3. The maximum atomic E-state index is 5.53. The molecular weight excluding hydrogens is 184 g/mol. The summed E-state index contributed by atoms with van der Waals surface area (Å²) < 4.78 is 5.23. The molecule has 4 heteroatoms. The zero-order chi connectivity index (χ0) is 10.3. The fraction of sp³-hybridized carbons (Fsp3) is 0.889. The molecular formula is C9H20N2OS. The lowest BCUT2D eigenvalue weighted by molar-refractivity contribution is 0.134. The van der Waals surface area contributed by atoms with Gasteiger partial charge in [0, 0.05) is 19.8 Å². The van der Waals surface area contributed by atoms with Crippen LogP contribution in [0.2, 0.25) is 0 Å². The molecule has 0 spiro atoms. The van der Waals surface area contributed by atoms with E-state index in [-0.39, 0.29) is 6.04 Å². The quantitative estimate of drug-likeness (QED) is 0.496. The second kappa shape index (κ2) is 7.24. The van der Waals surface area contributed by atoms with Crippen molar-refractivity contribution in [1.29, 1.82) is 0 Å². The molecule has 0 radical (unpaired) electrons. The van der Waals surface area contributed by atoms with E-state index in [0.717, 1.165) is 26.2 Å². The zero-order valence-electron chi connectivity index (χ0n) is 8.75. The van der Waals surface area contributed by atoms with Crippen molar-refractivity contribution >= 4 is 17.2 Å². The lowest BCUT2D eigenvalue weighted by Crippen LogP contribution is -2.39. The zero-order valence-corrected chi connectivity index (χ0v) is 9.56. The minimum atomic E-state index is 0.177. The molecule has 3 nitrogen and oxygen atoms in total. The van der Waals surface area contributed by atoms with Gasteiger partial charge in [0.15, 0.2) is 0 Å².